The second-order valence-corrected chi connectivity index (χ2v) is 8.83. The van der Waals surface area contributed by atoms with E-state index in [1.807, 2.05) is 20.8 Å². The fourth-order valence-electron chi connectivity index (χ4n) is 2.96. The Kier molecular flexibility index (Phi) is 6.19. The van der Waals surface area contributed by atoms with Gasteiger partial charge in [0.2, 0.25) is 0 Å². The van der Waals surface area contributed by atoms with Crippen molar-refractivity contribution in [2.45, 2.75) is 58.2 Å². The summed E-state index contributed by atoms with van der Waals surface area (Å²) in [6.07, 6.45) is 1.06. The van der Waals surface area contributed by atoms with Crippen LogP contribution in [0.25, 0.3) is 0 Å². The van der Waals surface area contributed by atoms with Crippen LogP contribution in [-0.4, -0.2) is 66.6 Å². The second-order valence-electron chi connectivity index (χ2n) is 6.53. The number of nitrogens with zero attached hydrogens (tertiary/aromatic N) is 1. The van der Waals surface area contributed by atoms with Gasteiger partial charge in [0.25, 0.3) is 0 Å². The van der Waals surface area contributed by atoms with Gasteiger partial charge >= 0.3 is 5.97 Å². The highest BCUT2D eigenvalue weighted by Gasteiger charge is 2.36. The first-order valence-corrected chi connectivity index (χ1v) is 9.33. The van der Waals surface area contributed by atoms with Gasteiger partial charge in [-0.15, -0.1) is 0 Å². The van der Waals surface area contributed by atoms with Gasteiger partial charge in [0.15, 0.2) is 9.84 Å². The summed E-state index contributed by atoms with van der Waals surface area (Å²) >= 11 is 0. The highest BCUT2D eigenvalue weighted by atomic mass is 32.2. The van der Waals surface area contributed by atoms with Crippen molar-refractivity contribution in [2.75, 3.05) is 24.6 Å². The molecule has 0 saturated carbocycles. The Morgan fingerprint density at radius 1 is 1.29 bits per heavy atom. The lowest BCUT2D eigenvalue weighted by Gasteiger charge is -2.35. The quantitative estimate of drug-likeness (QED) is 0.750. The summed E-state index contributed by atoms with van der Waals surface area (Å²) in [5.41, 5.74) is -1.00. The van der Waals surface area contributed by atoms with Crippen molar-refractivity contribution in [3.63, 3.8) is 0 Å². The molecule has 2 unspecified atom stereocenters. The molecule has 0 aliphatic carbocycles. The first kappa shape index (κ1) is 18.4. The molecule has 1 aliphatic rings. The molecule has 2 N–H and O–H groups in total. The Morgan fingerprint density at radius 2 is 1.90 bits per heavy atom. The SMILES string of the molecule is CC(C)NC(C)(CC(C)N1CCCS(=O)(=O)CC1)C(=O)O. The van der Waals surface area contributed by atoms with Gasteiger partial charge in [-0.05, 0) is 47.1 Å². The van der Waals surface area contributed by atoms with E-state index in [0.29, 0.717) is 25.9 Å². The van der Waals surface area contributed by atoms with Crippen LogP contribution in [0.3, 0.4) is 0 Å². The molecule has 0 spiro atoms. The molecule has 0 aromatic heterocycles. The Balaban J connectivity index is 2.73. The second kappa shape index (κ2) is 7.07. The van der Waals surface area contributed by atoms with E-state index in [9.17, 15) is 18.3 Å². The molecule has 1 heterocycles. The minimum atomic E-state index is -2.94. The fourth-order valence-corrected chi connectivity index (χ4v) is 4.25. The van der Waals surface area contributed by atoms with Gasteiger partial charge < -0.3 is 5.11 Å². The summed E-state index contributed by atoms with van der Waals surface area (Å²) < 4.78 is 23.3. The molecule has 0 amide bonds. The van der Waals surface area contributed by atoms with Gasteiger partial charge in [-0.1, -0.05) is 0 Å². The zero-order chi connectivity index (χ0) is 16.3. The van der Waals surface area contributed by atoms with E-state index >= 15 is 0 Å². The monoisotopic (exact) mass is 320 g/mol. The topological polar surface area (TPSA) is 86.7 Å². The lowest BCUT2D eigenvalue weighted by molar-refractivity contribution is -0.145. The Labute approximate surface area is 127 Å². The average molecular weight is 320 g/mol. The molecule has 2 atom stereocenters. The fraction of sp³-hybridized carbons (Fsp3) is 0.929. The molecule has 1 fully saturated rings. The van der Waals surface area contributed by atoms with Crippen molar-refractivity contribution in [1.29, 1.82) is 0 Å². The van der Waals surface area contributed by atoms with Crippen molar-refractivity contribution >= 4 is 15.8 Å². The third kappa shape index (κ3) is 5.56. The molecule has 7 heteroatoms. The molecule has 1 saturated heterocycles. The number of carboxylic acids is 1. The van der Waals surface area contributed by atoms with Gasteiger partial charge in [0, 0.05) is 18.6 Å². The molecule has 0 aromatic carbocycles. The number of carbonyl (C=O) groups is 1. The molecule has 0 radical (unpaired) electrons. The predicted molar refractivity (Wildman–Crippen MR) is 83.2 cm³/mol. The number of sulfone groups is 1. The normalized spacial score (nSPS) is 24.2. The van der Waals surface area contributed by atoms with E-state index in [0.717, 1.165) is 0 Å². The lowest BCUT2D eigenvalue weighted by atomic mass is 9.92. The summed E-state index contributed by atoms with van der Waals surface area (Å²) in [7, 11) is -2.94. The van der Waals surface area contributed by atoms with Crippen LogP contribution in [0.2, 0.25) is 0 Å². The zero-order valence-corrected chi connectivity index (χ0v) is 14.2. The average Bonchev–Trinajstić information content (AvgIpc) is 2.48. The molecule has 21 heavy (non-hydrogen) atoms. The molecule has 6 nitrogen and oxygen atoms in total. The van der Waals surface area contributed by atoms with Crippen LogP contribution in [0.4, 0.5) is 0 Å². The van der Waals surface area contributed by atoms with E-state index in [1.165, 1.54) is 0 Å². The molecule has 124 valence electrons. The van der Waals surface area contributed by atoms with Gasteiger partial charge in [0.05, 0.1) is 11.5 Å². The highest BCUT2D eigenvalue weighted by Crippen LogP contribution is 2.19. The van der Waals surface area contributed by atoms with Crippen molar-refractivity contribution in [2.24, 2.45) is 0 Å². The van der Waals surface area contributed by atoms with E-state index in [2.05, 4.69) is 10.2 Å². The van der Waals surface area contributed by atoms with Crippen LogP contribution >= 0.6 is 0 Å². The number of hydrogen-bond donors (Lipinski definition) is 2. The third-order valence-electron chi connectivity index (χ3n) is 4.00. The summed E-state index contributed by atoms with van der Waals surface area (Å²) in [5, 5.41) is 12.6. The zero-order valence-electron chi connectivity index (χ0n) is 13.4. The highest BCUT2D eigenvalue weighted by molar-refractivity contribution is 7.91. The van der Waals surface area contributed by atoms with E-state index in [4.69, 9.17) is 0 Å². The van der Waals surface area contributed by atoms with E-state index < -0.39 is 21.3 Å². The van der Waals surface area contributed by atoms with Crippen LogP contribution in [0, 0.1) is 0 Å². The Hall–Kier alpha value is -0.660. The van der Waals surface area contributed by atoms with Crippen molar-refractivity contribution in [1.82, 2.24) is 10.2 Å². The lowest BCUT2D eigenvalue weighted by Crippen LogP contribution is -2.55. The number of carboxylic acid groups (broad SMARTS) is 1. The first-order chi connectivity index (χ1) is 9.56. The Morgan fingerprint density at radius 3 is 2.43 bits per heavy atom. The minimum absolute atomic E-state index is 0.0191. The largest absolute Gasteiger partial charge is 0.480 e. The number of nitrogens with one attached hydrogen (secondary N) is 1. The molecular formula is C14H28N2O4S. The molecule has 0 aromatic rings. The summed E-state index contributed by atoms with van der Waals surface area (Å²) in [5.74, 6) is -0.472. The summed E-state index contributed by atoms with van der Waals surface area (Å²) in [6.45, 7) is 8.70. The van der Waals surface area contributed by atoms with Crippen LogP contribution in [0.15, 0.2) is 0 Å². The molecule has 1 rings (SSSR count). The maximum atomic E-state index is 11.6. The predicted octanol–water partition coefficient (Wildman–Crippen LogP) is 0.727. The van der Waals surface area contributed by atoms with Crippen LogP contribution in [0.1, 0.15) is 40.5 Å². The van der Waals surface area contributed by atoms with Gasteiger partial charge in [0.1, 0.15) is 5.54 Å². The van der Waals surface area contributed by atoms with Gasteiger partial charge in [-0.25, -0.2) is 8.42 Å². The maximum absolute atomic E-state index is 11.6. The number of hydrogen-bond acceptors (Lipinski definition) is 5. The number of aliphatic carboxylic acids is 1. The molecule has 1 aliphatic heterocycles. The first-order valence-electron chi connectivity index (χ1n) is 7.51. The summed E-state index contributed by atoms with van der Waals surface area (Å²) in [4.78, 5) is 13.7. The number of rotatable bonds is 6. The third-order valence-corrected chi connectivity index (χ3v) is 5.71. The van der Waals surface area contributed by atoms with Crippen LogP contribution < -0.4 is 5.32 Å². The van der Waals surface area contributed by atoms with E-state index in [-0.39, 0.29) is 23.6 Å². The van der Waals surface area contributed by atoms with Crippen LogP contribution in [-0.2, 0) is 14.6 Å². The molecular weight excluding hydrogens is 292 g/mol. The smallest absolute Gasteiger partial charge is 0.323 e. The van der Waals surface area contributed by atoms with Crippen molar-refractivity contribution < 1.29 is 18.3 Å². The summed E-state index contributed by atoms with van der Waals surface area (Å²) in [6, 6.07) is 0.0912. The Bertz CT molecular complexity index is 464. The van der Waals surface area contributed by atoms with Gasteiger partial charge in [-0.3, -0.25) is 15.0 Å². The van der Waals surface area contributed by atoms with Crippen molar-refractivity contribution in [3.8, 4) is 0 Å². The van der Waals surface area contributed by atoms with E-state index in [1.54, 1.807) is 6.92 Å². The maximum Gasteiger partial charge on any atom is 0.323 e. The van der Waals surface area contributed by atoms with Gasteiger partial charge in [-0.2, -0.15) is 0 Å². The van der Waals surface area contributed by atoms with Crippen LogP contribution in [0.5, 0.6) is 0 Å². The van der Waals surface area contributed by atoms with Crippen molar-refractivity contribution in [3.05, 3.63) is 0 Å². The molecule has 0 bridgehead atoms. The standard InChI is InChI=1S/C14H28N2O4S/c1-11(2)15-14(4,13(17)18)10-12(3)16-6-5-8-21(19,20)9-7-16/h11-12,15H,5-10H2,1-4H3,(H,17,18). The minimum Gasteiger partial charge on any atom is -0.480 e.